The van der Waals surface area contributed by atoms with Gasteiger partial charge in [-0.2, -0.15) is 0 Å². The highest BCUT2D eigenvalue weighted by Crippen LogP contribution is 2.27. The molecule has 1 fully saturated rings. The highest BCUT2D eigenvalue weighted by molar-refractivity contribution is 5.88. The van der Waals surface area contributed by atoms with Crippen molar-refractivity contribution in [3.63, 3.8) is 0 Å². The van der Waals surface area contributed by atoms with Gasteiger partial charge >= 0.3 is 0 Å². The Kier molecular flexibility index (Phi) is 4.61. The molecule has 5 nitrogen and oxygen atoms in total. The Bertz CT molecular complexity index is 510. The zero-order chi connectivity index (χ0) is 14.5. The lowest BCUT2D eigenvalue weighted by molar-refractivity contribution is -0.127. The van der Waals surface area contributed by atoms with Crippen molar-refractivity contribution < 1.29 is 14.3 Å². The summed E-state index contributed by atoms with van der Waals surface area (Å²) in [5.41, 5.74) is 1.55. The maximum atomic E-state index is 11.8. The predicted octanol–water partition coefficient (Wildman–Crippen LogP) is 2.07. The van der Waals surface area contributed by atoms with E-state index >= 15 is 0 Å². The van der Waals surface area contributed by atoms with Gasteiger partial charge < -0.3 is 15.4 Å². The molecule has 0 heterocycles. The van der Waals surface area contributed by atoms with E-state index in [1.807, 2.05) is 6.07 Å². The molecule has 1 aliphatic carbocycles. The summed E-state index contributed by atoms with van der Waals surface area (Å²) in [5, 5.41) is 5.65. The van der Waals surface area contributed by atoms with Crippen LogP contribution in [0.15, 0.2) is 18.2 Å². The number of rotatable bonds is 5. The Morgan fingerprint density at radius 1 is 1.35 bits per heavy atom. The van der Waals surface area contributed by atoms with Crippen molar-refractivity contribution in [3.8, 4) is 5.75 Å². The van der Waals surface area contributed by atoms with Crippen LogP contribution in [0.5, 0.6) is 5.75 Å². The molecule has 0 aromatic heterocycles. The Hall–Kier alpha value is -2.04. The summed E-state index contributed by atoms with van der Waals surface area (Å²) >= 11 is 0. The summed E-state index contributed by atoms with van der Waals surface area (Å²) in [6, 6.07) is 5.38. The molecule has 0 bridgehead atoms. The minimum atomic E-state index is -0.125. The lowest BCUT2D eigenvalue weighted by Crippen LogP contribution is -2.34. The van der Waals surface area contributed by atoms with Gasteiger partial charge in [0.25, 0.3) is 0 Å². The first-order valence-electron chi connectivity index (χ1n) is 6.82. The summed E-state index contributed by atoms with van der Waals surface area (Å²) in [4.78, 5) is 22.9. The van der Waals surface area contributed by atoms with Gasteiger partial charge in [-0.3, -0.25) is 9.59 Å². The van der Waals surface area contributed by atoms with Gasteiger partial charge in [-0.1, -0.05) is 6.42 Å². The molecule has 0 saturated heterocycles. The predicted molar refractivity (Wildman–Crippen MR) is 76.5 cm³/mol. The number of hydrogen-bond acceptors (Lipinski definition) is 3. The molecule has 1 aromatic carbocycles. The molecule has 2 N–H and O–H groups in total. The number of ether oxygens (including phenoxy) is 1. The van der Waals surface area contributed by atoms with Crippen molar-refractivity contribution in [1.82, 2.24) is 5.32 Å². The van der Waals surface area contributed by atoms with Gasteiger partial charge in [0.15, 0.2) is 0 Å². The van der Waals surface area contributed by atoms with Crippen molar-refractivity contribution in [2.24, 2.45) is 5.92 Å². The molecule has 1 saturated carbocycles. The van der Waals surface area contributed by atoms with E-state index in [2.05, 4.69) is 10.6 Å². The van der Waals surface area contributed by atoms with E-state index in [-0.39, 0.29) is 17.7 Å². The number of amides is 2. The second kappa shape index (κ2) is 6.41. The molecule has 0 atom stereocenters. The summed E-state index contributed by atoms with van der Waals surface area (Å²) in [6.45, 7) is 1.87. The molecule has 20 heavy (non-hydrogen) atoms. The monoisotopic (exact) mass is 276 g/mol. The summed E-state index contributed by atoms with van der Waals surface area (Å²) in [5.74, 6) is 0.843. The lowest BCUT2D eigenvalue weighted by atomic mass is 9.85. The third-order valence-corrected chi connectivity index (χ3v) is 3.53. The second-order valence-corrected chi connectivity index (χ2v) is 5.05. The Morgan fingerprint density at radius 2 is 2.10 bits per heavy atom. The van der Waals surface area contributed by atoms with Crippen LogP contribution >= 0.6 is 0 Å². The van der Waals surface area contributed by atoms with E-state index in [0.717, 1.165) is 24.8 Å². The fraction of sp³-hybridized carbons (Fsp3) is 0.467. The first-order chi connectivity index (χ1) is 9.60. The Balaban J connectivity index is 2.03. The van der Waals surface area contributed by atoms with Crippen molar-refractivity contribution in [3.05, 3.63) is 23.8 Å². The zero-order valence-electron chi connectivity index (χ0n) is 11.9. The maximum absolute atomic E-state index is 11.8. The third-order valence-electron chi connectivity index (χ3n) is 3.53. The second-order valence-electron chi connectivity index (χ2n) is 5.05. The van der Waals surface area contributed by atoms with Crippen LogP contribution in [0.2, 0.25) is 0 Å². The molecule has 2 amide bonds. The van der Waals surface area contributed by atoms with Crippen LogP contribution < -0.4 is 15.4 Å². The van der Waals surface area contributed by atoms with Crippen LogP contribution in [-0.4, -0.2) is 18.9 Å². The number of benzene rings is 1. The number of nitrogens with one attached hydrogen (secondary N) is 2. The van der Waals surface area contributed by atoms with Crippen LogP contribution in [0.25, 0.3) is 0 Å². The average Bonchev–Trinajstić information content (AvgIpc) is 2.33. The van der Waals surface area contributed by atoms with E-state index in [0.29, 0.717) is 18.0 Å². The number of methoxy groups -OCH3 is 1. The van der Waals surface area contributed by atoms with Crippen LogP contribution in [0.1, 0.15) is 31.7 Å². The van der Waals surface area contributed by atoms with E-state index in [4.69, 9.17) is 4.74 Å². The smallest absolute Gasteiger partial charge is 0.223 e. The molecular formula is C15H20N2O3. The average molecular weight is 276 g/mol. The van der Waals surface area contributed by atoms with Crippen molar-refractivity contribution in [2.45, 2.75) is 32.7 Å². The van der Waals surface area contributed by atoms with Gasteiger partial charge in [0.1, 0.15) is 5.75 Å². The largest absolute Gasteiger partial charge is 0.496 e. The van der Waals surface area contributed by atoms with Crippen LogP contribution in [-0.2, 0) is 16.1 Å². The molecule has 0 aliphatic heterocycles. The molecule has 2 rings (SSSR count). The molecule has 0 spiro atoms. The van der Waals surface area contributed by atoms with Crippen molar-refractivity contribution in [1.29, 1.82) is 0 Å². The molecule has 5 heteroatoms. The van der Waals surface area contributed by atoms with Gasteiger partial charge in [0, 0.05) is 30.6 Å². The van der Waals surface area contributed by atoms with Gasteiger partial charge in [0.2, 0.25) is 11.8 Å². The summed E-state index contributed by atoms with van der Waals surface area (Å²) < 4.78 is 5.27. The van der Waals surface area contributed by atoms with E-state index < -0.39 is 0 Å². The fourth-order valence-electron chi connectivity index (χ4n) is 2.19. The Labute approximate surface area is 118 Å². The van der Waals surface area contributed by atoms with E-state index in [1.165, 1.54) is 6.92 Å². The quantitative estimate of drug-likeness (QED) is 0.865. The van der Waals surface area contributed by atoms with Crippen molar-refractivity contribution >= 4 is 17.5 Å². The van der Waals surface area contributed by atoms with Gasteiger partial charge in [-0.25, -0.2) is 0 Å². The van der Waals surface area contributed by atoms with Gasteiger partial charge in [-0.05, 0) is 31.0 Å². The lowest BCUT2D eigenvalue weighted by Gasteiger charge is -2.24. The van der Waals surface area contributed by atoms with E-state index in [1.54, 1.807) is 19.2 Å². The van der Waals surface area contributed by atoms with Gasteiger partial charge in [0.05, 0.1) is 7.11 Å². The molecule has 1 aliphatic rings. The molecule has 0 unspecified atom stereocenters. The van der Waals surface area contributed by atoms with Crippen LogP contribution in [0.3, 0.4) is 0 Å². The molecular weight excluding hydrogens is 256 g/mol. The molecule has 0 radical (unpaired) electrons. The number of carbonyl (C=O) groups excluding carboxylic acids is 2. The van der Waals surface area contributed by atoms with Crippen molar-refractivity contribution in [2.75, 3.05) is 12.4 Å². The first kappa shape index (κ1) is 14.4. The highest BCUT2D eigenvalue weighted by Gasteiger charge is 2.24. The van der Waals surface area contributed by atoms with Gasteiger partial charge in [-0.15, -0.1) is 0 Å². The molecule has 1 aromatic rings. The number of carbonyl (C=O) groups is 2. The van der Waals surface area contributed by atoms with Crippen LogP contribution in [0, 0.1) is 5.92 Å². The number of hydrogen-bond donors (Lipinski definition) is 2. The minimum absolute atomic E-state index is 0.100. The molecule has 108 valence electrons. The number of anilines is 1. The first-order valence-corrected chi connectivity index (χ1v) is 6.82. The van der Waals surface area contributed by atoms with E-state index in [9.17, 15) is 9.59 Å². The summed E-state index contributed by atoms with van der Waals surface area (Å²) in [6.07, 6.45) is 3.10. The minimum Gasteiger partial charge on any atom is -0.496 e. The third kappa shape index (κ3) is 3.50. The topological polar surface area (TPSA) is 67.4 Å². The SMILES string of the molecule is COc1ccc(NC(C)=O)cc1CNC(=O)C1CCC1. The van der Waals surface area contributed by atoms with Crippen LogP contribution in [0.4, 0.5) is 5.69 Å². The zero-order valence-corrected chi connectivity index (χ0v) is 11.9. The fourth-order valence-corrected chi connectivity index (χ4v) is 2.19. The standard InChI is InChI=1S/C15H20N2O3/c1-10(18)17-13-6-7-14(20-2)12(8-13)9-16-15(19)11-4-3-5-11/h6-8,11H,3-5,9H2,1-2H3,(H,16,19)(H,17,18). The maximum Gasteiger partial charge on any atom is 0.223 e. The summed E-state index contributed by atoms with van der Waals surface area (Å²) in [7, 11) is 1.59. The normalized spacial score (nSPS) is 14.3. The highest BCUT2D eigenvalue weighted by atomic mass is 16.5. The Morgan fingerprint density at radius 3 is 2.65 bits per heavy atom.